The summed E-state index contributed by atoms with van der Waals surface area (Å²) in [5.74, 6) is 0.406. The fourth-order valence-electron chi connectivity index (χ4n) is 2.07. The van der Waals surface area contributed by atoms with Crippen molar-refractivity contribution in [3.63, 3.8) is 0 Å². The van der Waals surface area contributed by atoms with Crippen LogP contribution >= 0.6 is 0 Å². The molecule has 2 nitrogen and oxygen atoms in total. The molecule has 0 spiro atoms. The van der Waals surface area contributed by atoms with Gasteiger partial charge in [-0.2, -0.15) is 0 Å². The predicted octanol–water partition coefficient (Wildman–Crippen LogP) is 2.53. The van der Waals surface area contributed by atoms with E-state index in [1.54, 1.807) is 0 Å². The van der Waals surface area contributed by atoms with Crippen LogP contribution in [-0.2, 0) is 4.79 Å². The van der Waals surface area contributed by atoms with E-state index in [1.807, 2.05) is 0 Å². The Kier molecular flexibility index (Phi) is 6.67. The first-order chi connectivity index (χ1) is 6.93. The monoisotopic (exact) mass is 197 g/mol. The van der Waals surface area contributed by atoms with Gasteiger partial charge in [-0.25, -0.2) is 0 Å². The lowest BCUT2D eigenvalue weighted by atomic mass is 9.91. The molecule has 1 N–H and O–H groups in total. The molecule has 2 fully saturated rings. The Bertz CT molecular complexity index is 126. The molecule has 1 aliphatic carbocycles. The minimum Gasteiger partial charge on any atom is -0.317 e. The van der Waals surface area contributed by atoms with Crippen molar-refractivity contribution in [3.05, 3.63) is 0 Å². The van der Waals surface area contributed by atoms with Gasteiger partial charge >= 0.3 is 0 Å². The molecule has 0 aromatic carbocycles. The molecule has 0 unspecified atom stereocenters. The molecular weight excluding hydrogens is 174 g/mol. The van der Waals surface area contributed by atoms with Crippen LogP contribution < -0.4 is 5.32 Å². The molecule has 2 heteroatoms. The SMILES string of the molecule is C1CCNCC1.O=CC1CCCCC1. The Morgan fingerprint density at radius 3 is 1.71 bits per heavy atom. The van der Waals surface area contributed by atoms with Gasteiger partial charge in [0.1, 0.15) is 6.29 Å². The number of aldehydes is 1. The van der Waals surface area contributed by atoms with Crippen molar-refractivity contribution < 1.29 is 4.79 Å². The lowest BCUT2D eigenvalue weighted by molar-refractivity contribution is -0.111. The molecule has 0 radical (unpaired) electrons. The molecule has 14 heavy (non-hydrogen) atoms. The normalized spacial score (nSPS) is 23.4. The van der Waals surface area contributed by atoms with E-state index in [4.69, 9.17) is 0 Å². The zero-order valence-corrected chi connectivity index (χ0v) is 9.13. The summed E-state index contributed by atoms with van der Waals surface area (Å²) >= 11 is 0. The number of hydrogen-bond acceptors (Lipinski definition) is 2. The molecule has 2 aliphatic rings. The molecule has 1 saturated carbocycles. The van der Waals surface area contributed by atoms with E-state index < -0.39 is 0 Å². The third kappa shape index (κ3) is 5.38. The van der Waals surface area contributed by atoms with Crippen LogP contribution in [-0.4, -0.2) is 19.4 Å². The summed E-state index contributed by atoms with van der Waals surface area (Å²) in [4.78, 5) is 10.2. The molecule has 0 atom stereocenters. The van der Waals surface area contributed by atoms with Gasteiger partial charge in [0.05, 0.1) is 0 Å². The van der Waals surface area contributed by atoms with Crippen molar-refractivity contribution in [2.24, 2.45) is 5.92 Å². The van der Waals surface area contributed by atoms with Gasteiger partial charge in [0.25, 0.3) is 0 Å². The minimum atomic E-state index is 0.406. The molecule has 0 amide bonds. The second-order valence-corrected chi connectivity index (χ2v) is 4.34. The van der Waals surface area contributed by atoms with Crippen molar-refractivity contribution in [2.75, 3.05) is 13.1 Å². The van der Waals surface area contributed by atoms with E-state index in [0.29, 0.717) is 5.92 Å². The summed E-state index contributed by atoms with van der Waals surface area (Å²) in [6.07, 6.45) is 11.5. The van der Waals surface area contributed by atoms with E-state index >= 15 is 0 Å². The maximum Gasteiger partial charge on any atom is 0.123 e. The Morgan fingerprint density at radius 1 is 0.857 bits per heavy atom. The number of carbonyl (C=O) groups is 1. The van der Waals surface area contributed by atoms with Gasteiger partial charge in [-0.1, -0.05) is 25.7 Å². The summed E-state index contributed by atoms with van der Waals surface area (Å²) in [7, 11) is 0. The largest absolute Gasteiger partial charge is 0.317 e. The topological polar surface area (TPSA) is 29.1 Å². The van der Waals surface area contributed by atoms with Crippen LogP contribution in [0.5, 0.6) is 0 Å². The molecular formula is C12H23NO. The number of hydrogen-bond donors (Lipinski definition) is 1. The zero-order valence-electron chi connectivity index (χ0n) is 9.13. The quantitative estimate of drug-likeness (QED) is 0.654. The van der Waals surface area contributed by atoms with Crippen LogP contribution in [0.25, 0.3) is 0 Å². The van der Waals surface area contributed by atoms with Crippen LogP contribution in [0.2, 0.25) is 0 Å². The lowest BCUT2D eigenvalue weighted by Gasteiger charge is -2.14. The van der Waals surface area contributed by atoms with Gasteiger partial charge in [-0.05, 0) is 38.8 Å². The highest BCUT2D eigenvalue weighted by Gasteiger charge is 2.10. The molecule has 2 rings (SSSR count). The summed E-state index contributed by atoms with van der Waals surface area (Å²) in [6.45, 7) is 2.50. The Balaban J connectivity index is 0.000000146. The first-order valence-electron chi connectivity index (χ1n) is 6.09. The minimum absolute atomic E-state index is 0.406. The van der Waals surface area contributed by atoms with Crippen molar-refractivity contribution in [1.82, 2.24) is 5.32 Å². The molecule has 1 aliphatic heterocycles. The molecule has 1 heterocycles. The molecule has 0 bridgehead atoms. The van der Waals surface area contributed by atoms with Crippen molar-refractivity contribution in [3.8, 4) is 0 Å². The first-order valence-corrected chi connectivity index (χ1v) is 6.09. The number of rotatable bonds is 1. The fourth-order valence-corrected chi connectivity index (χ4v) is 2.07. The maximum absolute atomic E-state index is 10.2. The van der Waals surface area contributed by atoms with Crippen LogP contribution in [0.15, 0.2) is 0 Å². The molecule has 0 aromatic heterocycles. The predicted molar refractivity (Wildman–Crippen MR) is 59.4 cm³/mol. The van der Waals surface area contributed by atoms with Gasteiger partial charge < -0.3 is 10.1 Å². The molecule has 1 saturated heterocycles. The maximum atomic E-state index is 10.2. The summed E-state index contributed by atoms with van der Waals surface area (Å²) in [5.41, 5.74) is 0. The van der Waals surface area contributed by atoms with Crippen molar-refractivity contribution >= 4 is 6.29 Å². The average molecular weight is 197 g/mol. The van der Waals surface area contributed by atoms with Crippen molar-refractivity contribution in [1.29, 1.82) is 0 Å². The van der Waals surface area contributed by atoms with Gasteiger partial charge in [-0.3, -0.25) is 0 Å². The van der Waals surface area contributed by atoms with Crippen LogP contribution in [0.4, 0.5) is 0 Å². The van der Waals surface area contributed by atoms with Crippen molar-refractivity contribution in [2.45, 2.75) is 51.4 Å². The Morgan fingerprint density at radius 2 is 1.43 bits per heavy atom. The second kappa shape index (κ2) is 7.98. The molecule has 82 valence electrons. The van der Waals surface area contributed by atoms with E-state index in [0.717, 1.165) is 19.1 Å². The van der Waals surface area contributed by atoms with E-state index in [-0.39, 0.29) is 0 Å². The summed E-state index contributed by atoms with van der Waals surface area (Å²) in [6, 6.07) is 0. The lowest BCUT2D eigenvalue weighted by Crippen LogP contribution is -2.21. The fraction of sp³-hybridized carbons (Fsp3) is 0.917. The Labute approximate surface area is 87.5 Å². The van der Waals surface area contributed by atoms with E-state index in [2.05, 4.69) is 5.32 Å². The Hall–Kier alpha value is -0.370. The van der Waals surface area contributed by atoms with Gasteiger partial charge in [-0.15, -0.1) is 0 Å². The van der Waals surface area contributed by atoms with Gasteiger partial charge in [0.15, 0.2) is 0 Å². The average Bonchev–Trinajstić information content (AvgIpc) is 2.33. The zero-order chi connectivity index (χ0) is 10.1. The summed E-state index contributed by atoms with van der Waals surface area (Å²) in [5, 5.41) is 3.28. The van der Waals surface area contributed by atoms with Crippen LogP contribution in [0.3, 0.4) is 0 Å². The highest BCUT2D eigenvalue weighted by atomic mass is 16.1. The third-order valence-electron chi connectivity index (χ3n) is 3.05. The van der Waals surface area contributed by atoms with Gasteiger partial charge in [0.2, 0.25) is 0 Å². The van der Waals surface area contributed by atoms with Crippen LogP contribution in [0.1, 0.15) is 51.4 Å². The van der Waals surface area contributed by atoms with E-state index in [9.17, 15) is 4.79 Å². The summed E-state index contributed by atoms with van der Waals surface area (Å²) < 4.78 is 0. The standard InChI is InChI=1S/C7H12O.C5H11N/c8-6-7-4-2-1-3-5-7;1-2-4-6-5-3-1/h6-7H,1-5H2;6H,1-5H2. The number of nitrogens with one attached hydrogen (secondary N) is 1. The highest BCUT2D eigenvalue weighted by molar-refractivity contribution is 5.53. The van der Waals surface area contributed by atoms with Crippen LogP contribution in [0, 0.1) is 5.92 Å². The smallest absolute Gasteiger partial charge is 0.123 e. The third-order valence-corrected chi connectivity index (χ3v) is 3.05. The number of piperidine rings is 1. The number of carbonyl (C=O) groups excluding carboxylic acids is 1. The first kappa shape index (κ1) is 11.7. The van der Waals surface area contributed by atoms with Gasteiger partial charge in [0, 0.05) is 5.92 Å². The van der Waals surface area contributed by atoms with E-state index in [1.165, 1.54) is 51.6 Å². The molecule has 0 aromatic rings. The highest BCUT2D eigenvalue weighted by Crippen LogP contribution is 2.21. The second-order valence-electron chi connectivity index (χ2n) is 4.34.